The number of hydrogen-bond acceptors (Lipinski definition) is 1. The molecule has 0 aromatic heterocycles. The fourth-order valence-corrected chi connectivity index (χ4v) is 1.71. The van der Waals surface area contributed by atoms with Crippen molar-refractivity contribution in [1.29, 1.82) is 0 Å². The Morgan fingerprint density at radius 1 is 1.31 bits per heavy atom. The minimum absolute atomic E-state index is 1.26. The highest BCUT2D eigenvalue weighted by atomic mass is 32.2. The molecular weight excluding hydrogens is 176 g/mol. The molecule has 68 valence electrons. The van der Waals surface area contributed by atoms with Crippen LogP contribution in [0.2, 0.25) is 0 Å². The van der Waals surface area contributed by atoms with Crippen molar-refractivity contribution < 1.29 is 0 Å². The fraction of sp³-hybridized carbons (Fsp3) is 0.167. The molecule has 0 aliphatic rings. The normalized spacial score (nSPS) is 11.4. The molecule has 0 fully saturated rings. The third-order valence-corrected chi connectivity index (χ3v) is 2.64. The summed E-state index contributed by atoms with van der Waals surface area (Å²) in [5, 5.41) is 0. The zero-order valence-electron chi connectivity index (χ0n) is 8.08. The average molecular weight is 190 g/mol. The molecule has 1 aromatic carbocycles. The molecule has 0 spiro atoms. The van der Waals surface area contributed by atoms with E-state index in [1.54, 1.807) is 11.8 Å². The van der Waals surface area contributed by atoms with E-state index in [2.05, 4.69) is 44.0 Å². The summed E-state index contributed by atoms with van der Waals surface area (Å²) in [5.41, 5.74) is 2.56. The Kier molecular flexibility index (Phi) is 3.84. The lowest BCUT2D eigenvalue weighted by Gasteiger charge is -2.03. The largest absolute Gasteiger partial charge is 0.129 e. The lowest BCUT2D eigenvalue weighted by molar-refractivity contribution is 1.46. The van der Waals surface area contributed by atoms with Crippen LogP contribution in [-0.2, 0) is 0 Å². The van der Waals surface area contributed by atoms with Crippen LogP contribution in [0.4, 0.5) is 0 Å². The van der Waals surface area contributed by atoms with Gasteiger partial charge in [0.1, 0.15) is 0 Å². The van der Waals surface area contributed by atoms with Crippen LogP contribution in [0.3, 0.4) is 0 Å². The second kappa shape index (κ2) is 4.93. The van der Waals surface area contributed by atoms with Gasteiger partial charge in [0.2, 0.25) is 0 Å². The number of aryl methyl sites for hydroxylation is 1. The predicted octanol–water partition coefficient (Wildman–Crippen LogP) is 3.88. The van der Waals surface area contributed by atoms with Gasteiger partial charge in [-0.15, -0.1) is 11.8 Å². The third-order valence-electron chi connectivity index (χ3n) is 1.83. The maximum atomic E-state index is 3.70. The van der Waals surface area contributed by atoms with Gasteiger partial charge in [-0.1, -0.05) is 42.5 Å². The lowest BCUT2D eigenvalue weighted by Crippen LogP contribution is -1.79. The van der Waals surface area contributed by atoms with Crippen molar-refractivity contribution in [2.45, 2.75) is 6.92 Å². The number of hydrogen-bond donors (Lipinski definition) is 0. The van der Waals surface area contributed by atoms with Crippen molar-refractivity contribution in [3.8, 4) is 0 Å². The summed E-state index contributed by atoms with van der Waals surface area (Å²) in [4.78, 5) is 1.26. The van der Waals surface area contributed by atoms with Crippen LogP contribution in [0.25, 0.3) is 4.91 Å². The molecule has 0 unspecified atom stereocenters. The van der Waals surface area contributed by atoms with Crippen LogP contribution in [0.1, 0.15) is 11.1 Å². The average Bonchev–Trinajstić information content (AvgIpc) is 2.16. The molecule has 0 heterocycles. The van der Waals surface area contributed by atoms with Crippen molar-refractivity contribution >= 4 is 16.7 Å². The standard InChI is InChI=1S/C12H14S/c1-4-5-12(13-3)11-8-6-10(2)7-9-11/h4-9H,1H2,2-3H3/b12-5-. The van der Waals surface area contributed by atoms with Crippen molar-refractivity contribution in [2.24, 2.45) is 0 Å². The molecule has 0 aliphatic carbocycles. The first-order valence-electron chi connectivity index (χ1n) is 4.21. The Bertz CT molecular complexity index is 306. The molecule has 0 saturated carbocycles. The summed E-state index contributed by atoms with van der Waals surface area (Å²) in [7, 11) is 0. The van der Waals surface area contributed by atoms with E-state index in [4.69, 9.17) is 0 Å². The Morgan fingerprint density at radius 2 is 1.92 bits per heavy atom. The van der Waals surface area contributed by atoms with Crippen molar-refractivity contribution in [3.05, 3.63) is 54.1 Å². The minimum Gasteiger partial charge on any atom is -0.129 e. The molecule has 0 radical (unpaired) electrons. The van der Waals surface area contributed by atoms with Crippen LogP contribution in [0.5, 0.6) is 0 Å². The summed E-state index contributed by atoms with van der Waals surface area (Å²) in [6.45, 7) is 5.80. The number of rotatable bonds is 3. The Balaban J connectivity index is 2.99. The van der Waals surface area contributed by atoms with Crippen molar-refractivity contribution in [3.63, 3.8) is 0 Å². The number of benzene rings is 1. The van der Waals surface area contributed by atoms with Crippen LogP contribution < -0.4 is 0 Å². The monoisotopic (exact) mass is 190 g/mol. The van der Waals surface area contributed by atoms with Gasteiger partial charge >= 0.3 is 0 Å². The second-order valence-corrected chi connectivity index (χ2v) is 3.68. The quantitative estimate of drug-likeness (QED) is 0.652. The molecule has 1 heteroatoms. The van der Waals surface area contributed by atoms with Gasteiger partial charge in [0, 0.05) is 4.91 Å². The zero-order chi connectivity index (χ0) is 9.68. The summed E-state index contributed by atoms with van der Waals surface area (Å²) >= 11 is 1.74. The van der Waals surface area contributed by atoms with E-state index >= 15 is 0 Å². The number of allylic oxidation sites excluding steroid dienone is 2. The molecular formula is C12H14S. The third kappa shape index (κ3) is 2.78. The SMILES string of the molecule is C=C/C=C(\SC)c1ccc(C)cc1. The molecule has 0 bridgehead atoms. The van der Waals surface area contributed by atoms with Gasteiger partial charge in [-0.05, 0) is 24.8 Å². The Morgan fingerprint density at radius 3 is 2.38 bits per heavy atom. The predicted molar refractivity (Wildman–Crippen MR) is 62.9 cm³/mol. The molecule has 13 heavy (non-hydrogen) atoms. The lowest BCUT2D eigenvalue weighted by atomic mass is 10.1. The molecule has 0 amide bonds. The first-order chi connectivity index (χ1) is 6.27. The van der Waals surface area contributed by atoms with E-state index < -0.39 is 0 Å². The van der Waals surface area contributed by atoms with Crippen molar-refractivity contribution in [2.75, 3.05) is 6.26 Å². The highest BCUT2D eigenvalue weighted by Crippen LogP contribution is 2.24. The summed E-state index contributed by atoms with van der Waals surface area (Å²) in [6.07, 6.45) is 5.94. The maximum Gasteiger partial charge on any atom is 0.0141 e. The van der Waals surface area contributed by atoms with Crippen molar-refractivity contribution in [1.82, 2.24) is 0 Å². The van der Waals surface area contributed by atoms with Gasteiger partial charge in [0.25, 0.3) is 0 Å². The van der Waals surface area contributed by atoms with E-state index in [0.717, 1.165) is 0 Å². The van der Waals surface area contributed by atoms with Gasteiger partial charge in [0.15, 0.2) is 0 Å². The summed E-state index contributed by atoms with van der Waals surface area (Å²) in [6, 6.07) is 8.54. The zero-order valence-corrected chi connectivity index (χ0v) is 8.90. The first kappa shape index (κ1) is 10.1. The fourth-order valence-electron chi connectivity index (χ4n) is 1.11. The molecule has 1 rings (SSSR count). The molecule has 0 N–H and O–H groups in total. The maximum absolute atomic E-state index is 3.70. The van der Waals surface area contributed by atoms with E-state index in [1.807, 2.05) is 12.2 Å². The smallest absolute Gasteiger partial charge is 0.0141 e. The van der Waals surface area contributed by atoms with Crippen LogP contribution in [0, 0.1) is 6.92 Å². The molecule has 0 nitrogen and oxygen atoms in total. The van der Waals surface area contributed by atoms with E-state index in [9.17, 15) is 0 Å². The Labute approximate surface area is 84.4 Å². The summed E-state index contributed by atoms with van der Waals surface area (Å²) in [5.74, 6) is 0. The van der Waals surface area contributed by atoms with Gasteiger partial charge in [-0.2, -0.15) is 0 Å². The minimum atomic E-state index is 1.26. The molecule has 0 aliphatic heterocycles. The van der Waals surface area contributed by atoms with Crippen LogP contribution in [-0.4, -0.2) is 6.26 Å². The first-order valence-corrected chi connectivity index (χ1v) is 5.44. The van der Waals surface area contributed by atoms with Gasteiger partial charge in [-0.25, -0.2) is 0 Å². The van der Waals surface area contributed by atoms with Crippen LogP contribution >= 0.6 is 11.8 Å². The van der Waals surface area contributed by atoms with E-state index in [1.165, 1.54) is 16.0 Å². The molecule has 1 aromatic rings. The van der Waals surface area contributed by atoms with Gasteiger partial charge in [0.05, 0.1) is 0 Å². The summed E-state index contributed by atoms with van der Waals surface area (Å²) < 4.78 is 0. The van der Waals surface area contributed by atoms with Crippen LogP contribution in [0.15, 0.2) is 43.0 Å². The molecule has 0 atom stereocenters. The number of thioether (sulfide) groups is 1. The highest BCUT2D eigenvalue weighted by Gasteiger charge is 1.97. The Hall–Kier alpha value is -0.950. The van der Waals surface area contributed by atoms with E-state index in [0.29, 0.717) is 0 Å². The van der Waals surface area contributed by atoms with Gasteiger partial charge < -0.3 is 0 Å². The van der Waals surface area contributed by atoms with Gasteiger partial charge in [-0.3, -0.25) is 0 Å². The van der Waals surface area contributed by atoms with E-state index in [-0.39, 0.29) is 0 Å². The highest BCUT2D eigenvalue weighted by molar-refractivity contribution is 8.07. The second-order valence-electron chi connectivity index (χ2n) is 2.84. The topological polar surface area (TPSA) is 0 Å². The molecule has 0 saturated heterocycles.